The third-order valence-electron chi connectivity index (χ3n) is 3.10. The second-order valence-electron chi connectivity index (χ2n) is 4.38. The van der Waals surface area contributed by atoms with Gasteiger partial charge in [0.05, 0.1) is 6.10 Å². The van der Waals surface area contributed by atoms with E-state index in [1.807, 2.05) is 0 Å². The molecule has 0 aromatic carbocycles. The molecule has 1 aliphatic heterocycles. The van der Waals surface area contributed by atoms with E-state index in [1.165, 1.54) is 10.8 Å². The first-order chi connectivity index (χ1) is 8.70. The average Bonchev–Trinajstić information content (AvgIpc) is 2.39. The van der Waals surface area contributed by atoms with E-state index in [9.17, 15) is 9.59 Å². The van der Waals surface area contributed by atoms with Crippen LogP contribution in [0.2, 0.25) is 0 Å². The van der Waals surface area contributed by atoms with Crippen LogP contribution in [0.3, 0.4) is 0 Å². The zero-order valence-corrected chi connectivity index (χ0v) is 10.0. The Labute approximate surface area is 104 Å². The highest BCUT2D eigenvalue weighted by atomic mass is 16.5. The van der Waals surface area contributed by atoms with Crippen LogP contribution in [0, 0.1) is 11.3 Å². The van der Waals surface area contributed by atoms with E-state index in [2.05, 4.69) is 4.98 Å². The zero-order chi connectivity index (χ0) is 13.0. The molecule has 0 saturated carbocycles. The van der Waals surface area contributed by atoms with Gasteiger partial charge >= 0.3 is 5.69 Å². The lowest BCUT2D eigenvalue weighted by Crippen LogP contribution is -2.32. The fourth-order valence-corrected chi connectivity index (χ4v) is 2.07. The number of nitrogens with one attached hydrogen (secondary N) is 1. The van der Waals surface area contributed by atoms with E-state index in [1.54, 1.807) is 6.07 Å². The van der Waals surface area contributed by atoms with Crippen molar-refractivity contribution in [2.24, 2.45) is 0 Å². The summed E-state index contributed by atoms with van der Waals surface area (Å²) in [5.74, 6) is 0. The van der Waals surface area contributed by atoms with Crippen molar-refractivity contribution in [3.05, 3.63) is 32.6 Å². The Bertz CT molecular complexity index is 561. The first kappa shape index (κ1) is 12.6. The molecule has 1 fully saturated rings. The van der Waals surface area contributed by atoms with Gasteiger partial charge in [0, 0.05) is 19.3 Å². The molecule has 1 atom stereocenters. The van der Waals surface area contributed by atoms with Crippen molar-refractivity contribution >= 4 is 0 Å². The van der Waals surface area contributed by atoms with Crippen LogP contribution >= 0.6 is 0 Å². The summed E-state index contributed by atoms with van der Waals surface area (Å²) in [5.41, 5.74) is -1.15. The number of hydrogen-bond donors (Lipinski definition) is 1. The van der Waals surface area contributed by atoms with Crippen LogP contribution in [0.1, 0.15) is 31.2 Å². The lowest BCUT2D eigenvalue weighted by atomic mass is 10.1. The van der Waals surface area contributed by atoms with E-state index in [0.29, 0.717) is 6.54 Å². The zero-order valence-electron chi connectivity index (χ0n) is 10.0. The van der Waals surface area contributed by atoms with Gasteiger partial charge in [-0.15, -0.1) is 0 Å². The molecule has 0 amide bonds. The first-order valence-corrected chi connectivity index (χ1v) is 6.06. The minimum absolute atomic E-state index is 0.0424. The molecule has 18 heavy (non-hydrogen) atoms. The Morgan fingerprint density at radius 1 is 1.50 bits per heavy atom. The highest BCUT2D eigenvalue weighted by Gasteiger charge is 2.14. The molecule has 1 saturated heterocycles. The molecule has 96 valence electrons. The third kappa shape index (κ3) is 2.87. The van der Waals surface area contributed by atoms with Gasteiger partial charge in [-0.1, -0.05) is 0 Å². The highest BCUT2D eigenvalue weighted by molar-refractivity contribution is 5.21. The van der Waals surface area contributed by atoms with Crippen molar-refractivity contribution in [2.45, 2.75) is 38.3 Å². The van der Waals surface area contributed by atoms with Crippen molar-refractivity contribution in [2.75, 3.05) is 6.61 Å². The molecule has 0 bridgehead atoms. The molecule has 1 aliphatic rings. The topological polar surface area (TPSA) is 87.9 Å². The van der Waals surface area contributed by atoms with Crippen LogP contribution in [-0.4, -0.2) is 22.3 Å². The van der Waals surface area contributed by atoms with Gasteiger partial charge in [-0.3, -0.25) is 14.3 Å². The molecule has 0 aliphatic carbocycles. The normalized spacial score (nSPS) is 19.4. The van der Waals surface area contributed by atoms with Crippen molar-refractivity contribution in [1.82, 2.24) is 9.55 Å². The largest absolute Gasteiger partial charge is 0.378 e. The lowest BCUT2D eigenvalue weighted by molar-refractivity contribution is 0.00860. The Hall–Kier alpha value is -1.87. The van der Waals surface area contributed by atoms with E-state index >= 15 is 0 Å². The third-order valence-corrected chi connectivity index (χ3v) is 3.10. The van der Waals surface area contributed by atoms with Crippen LogP contribution in [0.25, 0.3) is 0 Å². The molecule has 1 aromatic heterocycles. The maximum atomic E-state index is 11.5. The van der Waals surface area contributed by atoms with Crippen molar-refractivity contribution in [1.29, 1.82) is 5.26 Å². The second-order valence-corrected chi connectivity index (χ2v) is 4.38. The van der Waals surface area contributed by atoms with Gasteiger partial charge in [-0.25, -0.2) is 4.79 Å². The minimum Gasteiger partial charge on any atom is -0.378 e. The van der Waals surface area contributed by atoms with Crippen molar-refractivity contribution in [3.63, 3.8) is 0 Å². The molecule has 2 rings (SSSR count). The Balaban J connectivity index is 2.07. The number of aromatic amines is 1. The monoisotopic (exact) mass is 249 g/mol. The smallest absolute Gasteiger partial charge is 0.328 e. The summed E-state index contributed by atoms with van der Waals surface area (Å²) in [6.07, 6.45) is 5.44. The maximum absolute atomic E-state index is 11.5. The number of hydrogen-bond acceptors (Lipinski definition) is 4. The van der Waals surface area contributed by atoms with Crippen LogP contribution in [0.4, 0.5) is 0 Å². The molecule has 1 aromatic rings. The summed E-state index contributed by atoms with van der Waals surface area (Å²) in [6, 6.07) is 1.77. The molecule has 1 unspecified atom stereocenters. The quantitative estimate of drug-likeness (QED) is 0.838. The fraction of sp³-hybridized carbons (Fsp3) is 0.583. The molecule has 6 nitrogen and oxygen atoms in total. The summed E-state index contributed by atoms with van der Waals surface area (Å²) in [7, 11) is 0. The summed E-state index contributed by atoms with van der Waals surface area (Å²) in [6.45, 7) is 1.23. The molecule has 2 heterocycles. The van der Waals surface area contributed by atoms with Gasteiger partial charge in [0.1, 0.15) is 11.6 Å². The molecule has 0 spiro atoms. The van der Waals surface area contributed by atoms with Gasteiger partial charge in [-0.2, -0.15) is 5.26 Å². The Morgan fingerprint density at radius 3 is 3.00 bits per heavy atom. The molecular weight excluding hydrogens is 234 g/mol. The van der Waals surface area contributed by atoms with Gasteiger partial charge in [0.15, 0.2) is 0 Å². The summed E-state index contributed by atoms with van der Waals surface area (Å²) in [5, 5.41) is 8.74. The van der Waals surface area contributed by atoms with Crippen LogP contribution in [0.5, 0.6) is 0 Å². The number of ether oxygens (including phenoxy) is 1. The van der Waals surface area contributed by atoms with Gasteiger partial charge in [0.25, 0.3) is 5.56 Å². The van der Waals surface area contributed by atoms with Gasteiger partial charge < -0.3 is 4.74 Å². The molecule has 1 N–H and O–H groups in total. The van der Waals surface area contributed by atoms with E-state index in [0.717, 1.165) is 32.3 Å². The van der Waals surface area contributed by atoms with Crippen LogP contribution in [-0.2, 0) is 11.3 Å². The predicted octanol–water partition coefficient (Wildman–Crippen LogP) is 0.367. The maximum Gasteiger partial charge on any atom is 0.328 e. The SMILES string of the molecule is N#Cc1cn(CCC2CCCCO2)c(=O)[nH]c1=O. The number of nitriles is 1. The number of rotatable bonds is 3. The Morgan fingerprint density at radius 2 is 2.33 bits per heavy atom. The summed E-state index contributed by atoms with van der Waals surface area (Å²) >= 11 is 0. The number of nitrogens with zero attached hydrogens (tertiary/aromatic N) is 2. The van der Waals surface area contributed by atoms with E-state index in [-0.39, 0.29) is 11.7 Å². The Kier molecular flexibility index (Phi) is 3.95. The highest BCUT2D eigenvalue weighted by Crippen LogP contribution is 2.15. The first-order valence-electron chi connectivity index (χ1n) is 6.06. The standard InChI is InChI=1S/C12H15N3O3/c13-7-9-8-15(12(17)14-11(9)16)5-4-10-3-1-2-6-18-10/h8,10H,1-6H2,(H,14,16,17). The lowest BCUT2D eigenvalue weighted by Gasteiger charge is -2.22. The van der Waals surface area contributed by atoms with Gasteiger partial charge in [0.2, 0.25) is 0 Å². The molecule has 6 heteroatoms. The number of H-pyrrole nitrogens is 1. The number of aromatic nitrogens is 2. The van der Waals surface area contributed by atoms with Crippen molar-refractivity contribution in [3.8, 4) is 6.07 Å². The summed E-state index contributed by atoms with van der Waals surface area (Å²) < 4.78 is 6.93. The van der Waals surface area contributed by atoms with E-state index in [4.69, 9.17) is 10.00 Å². The van der Waals surface area contributed by atoms with Crippen LogP contribution < -0.4 is 11.2 Å². The minimum atomic E-state index is -0.632. The molecular formula is C12H15N3O3. The van der Waals surface area contributed by atoms with E-state index < -0.39 is 11.2 Å². The predicted molar refractivity (Wildman–Crippen MR) is 64.2 cm³/mol. The van der Waals surface area contributed by atoms with Crippen LogP contribution in [0.15, 0.2) is 15.8 Å². The fourth-order valence-electron chi connectivity index (χ4n) is 2.07. The van der Waals surface area contributed by atoms with Gasteiger partial charge in [-0.05, 0) is 25.7 Å². The second kappa shape index (κ2) is 5.65. The molecule has 0 radical (unpaired) electrons. The van der Waals surface area contributed by atoms with Crippen molar-refractivity contribution < 1.29 is 4.74 Å². The number of aryl methyl sites for hydroxylation is 1. The summed E-state index contributed by atoms with van der Waals surface area (Å²) in [4.78, 5) is 24.9. The average molecular weight is 249 g/mol.